The fraction of sp³-hybridized carbons (Fsp3) is 0.100. The minimum absolute atomic E-state index is 0.259. The summed E-state index contributed by atoms with van der Waals surface area (Å²) in [6.45, 7) is 0. The lowest BCUT2D eigenvalue weighted by Gasteiger charge is -2.03. The number of methoxy groups -OCH3 is 1. The van der Waals surface area contributed by atoms with Gasteiger partial charge in [-0.3, -0.25) is 4.98 Å². The number of nitrogens with two attached hydrogens (primary N) is 1. The van der Waals surface area contributed by atoms with Crippen LogP contribution in [0.25, 0.3) is 11.1 Å². The number of hydrogen-bond donors (Lipinski definition) is 1. The van der Waals surface area contributed by atoms with Crippen LogP contribution in [0.4, 0.5) is 5.95 Å². The van der Waals surface area contributed by atoms with Gasteiger partial charge >= 0.3 is 0 Å². The molecule has 0 spiro atoms. The molecule has 2 aromatic heterocycles. The lowest BCUT2D eigenvalue weighted by atomic mass is 10.1. The predicted molar refractivity (Wildman–Crippen MR) is 56.2 cm³/mol. The molecule has 5 heteroatoms. The molecule has 2 rings (SSSR count). The van der Waals surface area contributed by atoms with Gasteiger partial charge in [0.15, 0.2) is 0 Å². The second-order valence-electron chi connectivity index (χ2n) is 2.94. The summed E-state index contributed by atoms with van der Waals surface area (Å²) < 4.78 is 5.07. The van der Waals surface area contributed by atoms with Crippen LogP contribution in [0, 0.1) is 0 Å². The van der Waals surface area contributed by atoms with Gasteiger partial charge in [-0.2, -0.15) is 0 Å². The summed E-state index contributed by atoms with van der Waals surface area (Å²) in [5.41, 5.74) is 7.15. The smallest absolute Gasteiger partial charge is 0.219 e. The van der Waals surface area contributed by atoms with Gasteiger partial charge in [0.25, 0.3) is 0 Å². The van der Waals surface area contributed by atoms with Crippen molar-refractivity contribution in [3.05, 3.63) is 30.9 Å². The molecule has 76 valence electrons. The first-order valence-electron chi connectivity index (χ1n) is 4.36. The van der Waals surface area contributed by atoms with Gasteiger partial charge in [-0.25, -0.2) is 9.97 Å². The van der Waals surface area contributed by atoms with E-state index < -0.39 is 0 Å². The summed E-state index contributed by atoms with van der Waals surface area (Å²) in [5, 5.41) is 0. The number of nitrogens with zero attached hydrogens (tertiary/aromatic N) is 3. The number of aromatic nitrogens is 3. The van der Waals surface area contributed by atoms with E-state index in [4.69, 9.17) is 10.5 Å². The van der Waals surface area contributed by atoms with Crippen LogP contribution in [-0.4, -0.2) is 22.1 Å². The van der Waals surface area contributed by atoms with E-state index in [2.05, 4.69) is 15.0 Å². The summed E-state index contributed by atoms with van der Waals surface area (Å²) in [6.07, 6.45) is 6.66. The highest BCUT2D eigenvalue weighted by Gasteiger charge is 2.01. The van der Waals surface area contributed by atoms with Crippen LogP contribution in [0.3, 0.4) is 0 Å². The molecule has 0 aromatic carbocycles. The Morgan fingerprint density at radius 3 is 2.47 bits per heavy atom. The third-order valence-corrected chi connectivity index (χ3v) is 1.95. The second-order valence-corrected chi connectivity index (χ2v) is 2.94. The zero-order valence-electron chi connectivity index (χ0n) is 8.21. The quantitative estimate of drug-likeness (QED) is 0.790. The minimum Gasteiger partial charge on any atom is -0.495 e. The van der Waals surface area contributed by atoms with Crippen molar-refractivity contribution in [1.82, 2.24) is 15.0 Å². The Kier molecular flexibility index (Phi) is 2.45. The highest BCUT2D eigenvalue weighted by atomic mass is 16.5. The molecule has 0 bridgehead atoms. The molecule has 2 aromatic rings. The van der Waals surface area contributed by atoms with Crippen LogP contribution in [0.1, 0.15) is 0 Å². The Morgan fingerprint density at radius 2 is 1.80 bits per heavy atom. The Bertz CT molecular complexity index is 455. The number of pyridine rings is 1. The third-order valence-electron chi connectivity index (χ3n) is 1.95. The van der Waals surface area contributed by atoms with Crippen LogP contribution < -0.4 is 10.5 Å². The first-order chi connectivity index (χ1) is 7.29. The van der Waals surface area contributed by atoms with E-state index in [1.165, 1.54) is 0 Å². The van der Waals surface area contributed by atoms with Crippen molar-refractivity contribution in [2.45, 2.75) is 0 Å². The minimum atomic E-state index is 0.259. The van der Waals surface area contributed by atoms with E-state index >= 15 is 0 Å². The molecule has 0 saturated carbocycles. The van der Waals surface area contributed by atoms with Gasteiger partial charge in [0.2, 0.25) is 5.95 Å². The molecular formula is C10H10N4O. The summed E-state index contributed by atoms with van der Waals surface area (Å²) in [5.74, 6) is 0.957. The average molecular weight is 202 g/mol. The van der Waals surface area contributed by atoms with Crippen molar-refractivity contribution in [1.29, 1.82) is 0 Å². The molecule has 0 unspecified atom stereocenters. The molecule has 0 amide bonds. The summed E-state index contributed by atoms with van der Waals surface area (Å²) >= 11 is 0. The van der Waals surface area contributed by atoms with Crippen LogP contribution in [0.5, 0.6) is 5.75 Å². The number of rotatable bonds is 2. The monoisotopic (exact) mass is 202 g/mol. The maximum Gasteiger partial charge on any atom is 0.219 e. The molecule has 0 radical (unpaired) electrons. The number of nitrogen functional groups attached to an aromatic ring is 1. The van der Waals surface area contributed by atoms with Crippen molar-refractivity contribution in [3.8, 4) is 16.9 Å². The van der Waals surface area contributed by atoms with E-state index in [0.717, 1.165) is 11.1 Å². The fourth-order valence-electron chi connectivity index (χ4n) is 1.18. The second kappa shape index (κ2) is 3.91. The molecule has 0 atom stereocenters. The van der Waals surface area contributed by atoms with Crippen molar-refractivity contribution in [3.63, 3.8) is 0 Å². The molecule has 5 nitrogen and oxygen atoms in total. The van der Waals surface area contributed by atoms with Crippen molar-refractivity contribution < 1.29 is 4.74 Å². The number of hydrogen-bond acceptors (Lipinski definition) is 5. The molecule has 0 aliphatic heterocycles. The fourth-order valence-corrected chi connectivity index (χ4v) is 1.18. The maximum absolute atomic E-state index is 5.40. The summed E-state index contributed by atoms with van der Waals surface area (Å²) in [6, 6.07) is 1.86. The zero-order valence-corrected chi connectivity index (χ0v) is 8.21. The van der Waals surface area contributed by atoms with Gasteiger partial charge in [0.1, 0.15) is 5.75 Å². The predicted octanol–water partition coefficient (Wildman–Crippen LogP) is 1.13. The Morgan fingerprint density at radius 1 is 1.07 bits per heavy atom. The third kappa shape index (κ3) is 2.01. The molecular weight excluding hydrogens is 192 g/mol. The molecule has 15 heavy (non-hydrogen) atoms. The number of anilines is 1. The van der Waals surface area contributed by atoms with Crippen molar-refractivity contribution in [2.75, 3.05) is 12.8 Å². The SMILES string of the molecule is COc1cncc(-c2cnc(N)nc2)c1. The lowest BCUT2D eigenvalue weighted by molar-refractivity contribution is 0.413. The van der Waals surface area contributed by atoms with Crippen molar-refractivity contribution in [2.24, 2.45) is 0 Å². The van der Waals surface area contributed by atoms with Gasteiger partial charge in [-0.05, 0) is 6.07 Å². The molecule has 2 heterocycles. The van der Waals surface area contributed by atoms with Gasteiger partial charge in [-0.1, -0.05) is 0 Å². The topological polar surface area (TPSA) is 73.9 Å². The van der Waals surface area contributed by atoms with E-state index in [9.17, 15) is 0 Å². The molecule has 0 aliphatic rings. The van der Waals surface area contributed by atoms with E-state index in [1.807, 2.05) is 6.07 Å². The van der Waals surface area contributed by atoms with Crippen LogP contribution >= 0.6 is 0 Å². The lowest BCUT2D eigenvalue weighted by Crippen LogP contribution is -1.94. The van der Waals surface area contributed by atoms with Gasteiger partial charge in [0.05, 0.1) is 13.3 Å². The Hall–Kier alpha value is -2.17. The molecule has 2 N–H and O–H groups in total. The van der Waals surface area contributed by atoms with Gasteiger partial charge in [-0.15, -0.1) is 0 Å². The standard InChI is InChI=1S/C10H10N4O/c1-15-9-2-7(3-12-6-9)8-4-13-10(11)14-5-8/h2-6H,1H3,(H2,11,13,14). The summed E-state index contributed by atoms with van der Waals surface area (Å²) in [4.78, 5) is 11.9. The first kappa shape index (κ1) is 9.39. The Balaban J connectivity index is 2.40. The first-order valence-corrected chi connectivity index (χ1v) is 4.36. The summed E-state index contributed by atoms with van der Waals surface area (Å²) in [7, 11) is 1.60. The highest BCUT2D eigenvalue weighted by molar-refractivity contribution is 5.62. The van der Waals surface area contributed by atoms with Crippen LogP contribution in [-0.2, 0) is 0 Å². The van der Waals surface area contributed by atoms with E-state index in [0.29, 0.717) is 5.75 Å². The van der Waals surface area contributed by atoms with E-state index in [1.54, 1.807) is 31.9 Å². The van der Waals surface area contributed by atoms with Gasteiger partial charge < -0.3 is 10.5 Å². The zero-order chi connectivity index (χ0) is 10.7. The highest BCUT2D eigenvalue weighted by Crippen LogP contribution is 2.20. The van der Waals surface area contributed by atoms with Gasteiger partial charge in [0, 0.05) is 29.7 Å². The largest absolute Gasteiger partial charge is 0.495 e. The van der Waals surface area contributed by atoms with E-state index in [-0.39, 0.29) is 5.95 Å². The molecule has 0 aliphatic carbocycles. The average Bonchev–Trinajstić information content (AvgIpc) is 2.30. The van der Waals surface area contributed by atoms with Crippen LogP contribution in [0.2, 0.25) is 0 Å². The molecule has 0 fully saturated rings. The van der Waals surface area contributed by atoms with Crippen molar-refractivity contribution >= 4 is 5.95 Å². The molecule has 0 saturated heterocycles. The normalized spacial score (nSPS) is 9.93. The van der Waals surface area contributed by atoms with Crippen LogP contribution in [0.15, 0.2) is 30.9 Å². The maximum atomic E-state index is 5.40. The number of ether oxygens (including phenoxy) is 1. The Labute approximate surface area is 87.0 Å².